The Morgan fingerprint density at radius 1 is 1.50 bits per heavy atom. The molecule has 0 bridgehead atoms. The van der Waals surface area contributed by atoms with Crippen molar-refractivity contribution in [3.63, 3.8) is 0 Å². The molecule has 2 atom stereocenters. The second-order valence-electron chi connectivity index (χ2n) is 5.15. The zero-order valence-electron chi connectivity index (χ0n) is 11.9. The predicted octanol–water partition coefficient (Wildman–Crippen LogP) is 2.68. The number of nitrogens with one attached hydrogen (secondary N) is 2. The van der Waals surface area contributed by atoms with Crippen LogP contribution >= 0.6 is 11.6 Å². The predicted molar refractivity (Wildman–Crippen MR) is 81.1 cm³/mol. The van der Waals surface area contributed by atoms with E-state index in [2.05, 4.69) is 17.6 Å². The van der Waals surface area contributed by atoms with Crippen LogP contribution in [-0.4, -0.2) is 31.7 Å². The summed E-state index contributed by atoms with van der Waals surface area (Å²) in [7, 11) is 1.45. The standard InChI is InChI=1S/C15H21ClN2O2/c1-3-11-10-17-9-8-15(11,14(19)20-2)18-13-6-4-12(16)5-7-13/h4-7,11,17-18H,3,8-10H2,1-2H3. The van der Waals surface area contributed by atoms with E-state index in [0.29, 0.717) is 11.4 Å². The van der Waals surface area contributed by atoms with Crippen molar-refractivity contribution >= 4 is 23.3 Å². The van der Waals surface area contributed by atoms with Gasteiger partial charge in [-0.05, 0) is 43.7 Å². The number of rotatable bonds is 4. The van der Waals surface area contributed by atoms with Crippen molar-refractivity contribution < 1.29 is 9.53 Å². The fourth-order valence-corrected chi connectivity index (χ4v) is 3.02. The lowest BCUT2D eigenvalue weighted by molar-refractivity contribution is -0.149. The number of carbonyl (C=O) groups is 1. The van der Waals surface area contributed by atoms with E-state index in [1.54, 1.807) is 0 Å². The second-order valence-corrected chi connectivity index (χ2v) is 5.59. The molecule has 0 saturated carbocycles. The van der Waals surface area contributed by atoms with Gasteiger partial charge in [-0.3, -0.25) is 0 Å². The van der Waals surface area contributed by atoms with Gasteiger partial charge in [-0.15, -0.1) is 0 Å². The first kappa shape index (κ1) is 15.1. The summed E-state index contributed by atoms with van der Waals surface area (Å²) >= 11 is 5.91. The fourth-order valence-electron chi connectivity index (χ4n) is 2.89. The highest BCUT2D eigenvalue weighted by Gasteiger charge is 2.47. The maximum atomic E-state index is 12.4. The molecule has 1 heterocycles. The Hall–Kier alpha value is -1.26. The Morgan fingerprint density at radius 3 is 2.80 bits per heavy atom. The van der Waals surface area contributed by atoms with Gasteiger partial charge in [0.25, 0.3) is 0 Å². The Balaban J connectivity index is 2.31. The normalized spacial score (nSPS) is 26.1. The van der Waals surface area contributed by atoms with E-state index < -0.39 is 5.54 Å². The summed E-state index contributed by atoms with van der Waals surface area (Å²) in [5.41, 5.74) is 0.225. The summed E-state index contributed by atoms with van der Waals surface area (Å²) in [6.07, 6.45) is 1.61. The summed E-state index contributed by atoms with van der Waals surface area (Å²) in [5.74, 6) is 0.000165. The van der Waals surface area contributed by atoms with Crippen LogP contribution in [0.4, 0.5) is 5.69 Å². The average Bonchev–Trinajstić information content (AvgIpc) is 2.49. The van der Waals surface area contributed by atoms with Crippen molar-refractivity contribution in [2.45, 2.75) is 25.3 Å². The van der Waals surface area contributed by atoms with E-state index >= 15 is 0 Å². The minimum absolute atomic E-state index is 0.194. The van der Waals surface area contributed by atoms with Gasteiger partial charge in [0.05, 0.1) is 7.11 Å². The molecular weight excluding hydrogens is 276 g/mol. The summed E-state index contributed by atoms with van der Waals surface area (Å²) in [5, 5.41) is 7.43. The van der Waals surface area contributed by atoms with Crippen molar-refractivity contribution in [1.29, 1.82) is 0 Å². The van der Waals surface area contributed by atoms with Crippen LogP contribution in [0.5, 0.6) is 0 Å². The summed E-state index contributed by atoms with van der Waals surface area (Å²) < 4.78 is 5.07. The molecule has 0 aliphatic carbocycles. The van der Waals surface area contributed by atoms with Crippen LogP contribution in [0.2, 0.25) is 5.02 Å². The molecular formula is C15H21ClN2O2. The second kappa shape index (κ2) is 6.46. The molecule has 1 saturated heterocycles. The number of piperidine rings is 1. The SMILES string of the molecule is CCC1CNCCC1(Nc1ccc(Cl)cc1)C(=O)OC. The van der Waals surface area contributed by atoms with Gasteiger partial charge in [0, 0.05) is 23.2 Å². The number of anilines is 1. The van der Waals surface area contributed by atoms with Gasteiger partial charge < -0.3 is 15.4 Å². The molecule has 0 amide bonds. The third kappa shape index (κ3) is 2.91. The van der Waals surface area contributed by atoms with Gasteiger partial charge in [0.1, 0.15) is 5.54 Å². The molecule has 5 heteroatoms. The first-order valence-electron chi connectivity index (χ1n) is 6.95. The number of hydrogen-bond acceptors (Lipinski definition) is 4. The Morgan fingerprint density at radius 2 is 2.20 bits per heavy atom. The zero-order valence-corrected chi connectivity index (χ0v) is 12.7. The van der Waals surface area contributed by atoms with Gasteiger partial charge in [0.2, 0.25) is 0 Å². The van der Waals surface area contributed by atoms with Crippen LogP contribution in [-0.2, 0) is 9.53 Å². The number of esters is 1. The molecule has 2 unspecified atom stereocenters. The lowest BCUT2D eigenvalue weighted by Gasteiger charge is -2.43. The topological polar surface area (TPSA) is 50.4 Å². The lowest BCUT2D eigenvalue weighted by atomic mass is 9.76. The van der Waals surface area contributed by atoms with Crippen molar-refractivity contribution in [3.8, 4) is 0 Å². The molecule has 4 nitrogen and oxygen atoms in total. The van der Waals surface area contributed by atoms with Crippen LogP contribution in [0.15, 0.2) is 24.3 Å². The van der Waals surface area contributed by atoms with Gasteiger partial charge in [0.15, 0.2) is 0 Å². The van der Waals surface area contributed by atoms with Gasteiger partial charge in [-0.2, -0.15) is 0 Å². The lowest BCUT2D eigenvalue weighted by Crippen LogP contribution is -2.60. The molecule has 1 aliphatic heterocycles. The average molecular weight is 297 g/mol. The van der Waals surface area contributed by atoms with E-state index in [1.807, 2.05) is 24.3 Å². The van der Waals surface area contributed by atoms with Crippen LogP contribution in [0.25, 0.3) is 0 Å². The van der Waals surface area contributed by atoms with Crippen molar-refractivity contribution in [2.75, 3.05) is 25.5 Å². The van der Waals surface area contributed by atoms with Crippen LogP contribution in [0.3, 0.4) is 0 Å². The number of methoxy groups -OCH3 is 1. The molecule has 2 rings (SSSR count). The monoisotopic (exact) mass is 296 g/mol. The third-order valence-electron chi connectivity index (χ3n) is 4.04. The van der Waals surface area contributed by atoms with E-state index in [4.69, 9.17) is 16.3 Å². The molecule has 0 spiro atoms. The first-order chi connectivity index (χ1) is 9.62. The molecule has 1 fully saturated rings. The number of carbonyl (C=O) groups excluding carboxylic acids is 1. The fraction of sp³-hybridized carbons (Fsp3) is 0.533. The van der Waals surface area contributed by atoms with Crippen molar-refractivity contribution in [1.82, 2.24) is 5.32 Å². The number of halogens is 1. The van der Waals surface area contributed by atoms with Crippen LogP contribution in [0.1, 0.15) is 19.8 Å². The van der Waals surface area contributed by atoms with Gasteiger partial charge in [-0.25, -0.2) is 4.79 Å². The highest BCUT2D eigenvalue weighted by molar-refractivity contribution is 6.30. The molecule has 0 aromatic heterocycles. The molecule has 110 valence electrons. The first-order valence-corrected chi connectivity index (χ1v) is 7.33. The smallest absolute Gasteiger partial charge is 0.331 e. The summed E-state index contributed by atoms with van der Waals surface area (Å²) in [6.45, 7) is 3.71. The number of benzene rings is 1. The Labute approximate surface area is 124 Å². The molecule has 1 aromatic carbocycles. The Kier molecular flexibility index (Phi) is 4.89. The summed E-state index contributed by atoms with van der Waals surface area (Å²) in [6, 6.07) is 7.41. The minimum atomic E-state index is -0.664. The highest BCUT2D eigenvalue weighted by atomic mass is 35.5. The quantitative estimate of drug-likeness (QED) is 0.839. The van der Waals surface area contributed by atoms with E-state index in [1.165, 1.54) is 7.11 Å². The van der Waals surface area contributed by atoms with Crippen molar-refractivity contribution in [3.05, 3.63) is 29.3 Å². The maximum absolute atomic E-state index is 12.4. The molecule has 20 heavy (non-hydrogen) atoms. The largest absolute Gasteiger partial charge is 0.467 e. The van der Waals surface area contributed by atoms with Crippen LogP contribution in [0, 0.1) is 5.92 Å². The van der Waals surface area contributed by atoms with E-state index in [-0.39, 0.29) is 11.9 Å². The van der Waals surface area contributed by atoms with Gasteiger partial charge in [-0.1, -0.05) is 18.5 Å². The highest BCUT2D eigenvalue weighted by Crippen LogP contribution is 2.32. The molecule has 1 aromatic rings. The van der Waals surface area contributed by atoms with E-state index in [0.717, 1.165) is 25.2 Å². The summed E-state index contributed by atoms with van der Waals surface area (Å²) in [4.78, 5) is 12.4. The van der Waals surface area contributed by atoms with Crippen LogP contribution < -0.4 is 10.6 Å². The van der Waals surface area contributed by atoms with Gasteiger partial charge >= 0.3 is 5.97 Å². The number of ether oxygens (including phenoxy) is 1. The maximum Gasteiger partial charge on any atom is 0.331 e. The number of hydrogen-bond donors (Lipinski definition) is 2. The zero-order chi connectivity index (χ0) is 14.6. The third-order valence-corrected chi connectivity index (χ3v) is 4.29. The van der Waals surface area contributed by atoms with Crippen molar-refractivity contribution in [2.24, 2.45) is 5.92 Å². The molecule has 0 radical (unpaired) electrons. The van der Waals surface area contributed by atoms with E-state index in [9.17, 15) is 4.79 Å². The minimum Gasteiger partial charge on any atom is -0.467 e. The Bertz CT molecular complexity index is 463. The molecule has 1 aliphatic rings. The molecule has 2 N–H and O–H groups in total.